The summed E-state index contributed by atoms with van der Waals surface area (Å²) in [5, 5.41) is 10.5. The minimum atomic E-state index is -3.37. The predicted molar refractivity (Wildman–Crippen MR) is 122 cm³/mol. The molecular formula is C25H20O6S. The zero-order valence-electron chi connectivity index (χ0n) is 17.4. The van der Waals surface area contributed by atoms with Gasteiger partial charge in [0, 0.05) is 17.4 Å². The number of phenols is 1. The number of benzene rings is 3. The Bertz CT molecular complexity index is 1350. The maximum atomic E-state index is 12.9. The monoisotopic (exact) mass is 448 g/mol. The van der Waals surface area contributed by atoms with Gasteiger partial charge in [-0.1, -0.05) is 54.6 Å². The maximum absolute atomic E-state index is 12.9. The van der Waals surface area contributed by atoms with Crippen LogP contribution in [0.1, 0.15) is 16.7 Å². The molecule has 0 saturated heterocycles. The fourth-order valence-corrected chi connectivity index (χ4v) is 4.14. The molecule has 0 aromatic heterocycles. The first-order valence-corrected chi connectivity index (χ1v) is 11.6. The molecule has 4 rings (SSSR count). The molecule has 3 aromatic rings. The smallest absolute Gasteiger partial charge is 0.344 e. The van der Waals surface area contributed by atoms with Gasteiger partial charge in [0.2, 0.25) is 0 Å². The van der Waals surface area contributed by atoms with Gasteiger partial charge in [-0.3, -0.25) is 0 Å². The maximum Gasteiger partial charge on any atom is 0.344 e. The van der Waals surface area contributed by atoms with Crippen molar-refractivity contribution >= 4 is 33.0 Å². The third-order valence-corrected chi connectivity index (χ3v) is 6.20. The lowest BCUT2D eigenvalue weighted by molar-refractivity contribution is -0.131. The number of sulfone groups is 1. The Morgan fingerprint density at radius 2 is 1.53 bits per heavy atom. The minimum absolute atomic E-state index is 0.0847. The average Bonchev–Trinajstić information content (AvgIpc) is 3.11. The molecule has 0 bridgehead atoms. The molecule has 1 N–H and O–H groups in total. The van der Waals surface area contributed by atoms with E-state index in [9.17, 15) is 18.3 Å². The second-order valence-electron chi connectivity index (χ2n) is 7.21. The average molecular weight is 448 g/mol. The van der Waals surface area contributed by atoms with Crippen molar-refractivity contribution in [2.45, 2.75) is 4.90 Å². The molecule has 0 aliphatic carbocycles. The Morgan fingerprint density at radius 3 is 2.16 bits per heavy atom. The Balaban J connectivity index is 1.93. The van der Waals surface area contributed by atoms with Gasteiger partial charge in [0.15, 0.2) is 21.3 Å². The second kappa shape index (κ2) is 8.36. The summed E-state index contributed by atoms with van der Waals surface area (Å²) in [5.41, 5.74) is 2.54. The molecule has 0 radical (unpaired) electrons. The molecule has 0 unspecified atom stereocenters. The molecule has 0 saturated carbocycles. The number of methoxy groups -OCH3 is 1. The highest BCUT2D eigenvalue weighted by Crippen LogP contribution is 2.42. The van der Waals surface area contributed by atoms with Crippen molar-refractivity contribution in [3.8, 4) is 11.5 Å². The quantitative estimate of drug-likeness (QED) is 0.585. The summed E-state index contributed by atoms with van der Waals surface area (Å²) >= 11 is 0. The van der Waals surface area contributed by atoms with E-state index in [1.807, 2.05) is 18.2 Å². The fraction of sp³-hybridized carbons (Fsp3) is 0.0800. The number of rotatable bonds is 5. The predicted octanol–water partition coefficient (Wildman–Crippen LogP) is 4.31. The van der Waals surface area contributed by atoms with Crippen LogP contribution >= 0.6 is 0 Å². The number of esters is 1. The first-order valence-electron chi connectivity index (χ1n) is 9.70. The van der Waals surface area contributed by atoms with E-state index in [4.69, 9.17) is 9.47 Å². The largest absolute Gasteiger partial charge is 0.504 e. The highest BCUT2D eigenvalue weighted by molar-refractivity contribution is 7.90. The molecule has 32 heavy (non-hydrogen) atoms. The number of ether oxygens (including phenoxy) is 2. The van der Waals surface area contributed by atoms with Crippen LogP contribution in [0, 0.1) is 0 Å². The van der Waals surface area contributed by atoms with Crippen molar-refractivity contribution in [3.05, 3.63) is 95.2 Å². The highest BCUT2D eigenvalue weighted by atomic mass is 32.2. The molecule has 0 amide bonds. The lowest BCUT2D eigenvalue weighted by Crippen LogP contribution is -1.98. The SMILES string of the molecule is COc1cccc(/C=C2\OC(=O)C(c3ccccc3)=C2c2ccc(S(C)(=O)=O)cc2)c1O. The molecule has 1 heterocycles. The number of cyclic esters (lactones) is 1. The second-order valence-corrected chi connectivity index (χ2v) is 9.22. The van der Waals surface area contributed by atoms with E-state index in [0.29, 0.717) is 27.8 Å². The standard InChI is InChI=1S/C25H20O6S/c1-30-20-10-6-9-18(24(20)26)15-21-22(17-11-13-19(14-12-17)32(2,28)29)23(25(27)31-21)16-7-4-3-5-8-16/h3-15,26H,1-2H3/b21-15-. The van der Waals surface area contributed by atoms with Crippen molar-refractivity contribution in [1.82, 2.24) is 0 Å². The van der Waals surface area contributed by atoms with Crippen molar-refractivity contribution in [2.24, 2.45) is 0 Å². The molecule has 6 nitrogen and oxygen atoms in total. The van der Waals surface area contributed by atoms with Crippen LogP contribution < -0.4 is 4.74 Å². The van der Waals surface area contributed by atoms with Crippen LogP contribution in [0.2, 0.25) is 0 Å². The first-order chi connectivity index (χ1) is 15.3. The van der Waals surface area contributed by atoms with Gasteiger partial charge >= 0.3 is 5.97 Å². The van der Waals surface area contributed by atoms with Gasteiger partial charge in [-0.25, -0.2) is 13.2 Å². The van der Waals surface area contributed by atoms with Gasteiger partial charge in [-0.05, 0) is 35.4 Å². The molecule has 7 heteroatoms. The summed E-state index contributed by atoms with van der Waals surface area (Å²) < 4.78 is 34.5. The summed E-state index contributed by atoms with van der Waals surface area (Å²) in [6, 6.07) is 20.3. The summed E-state index contributed by atoms with van der Waals surface area (Å²) in [6.45, 7) is 0. The van der Waals surface area contributed by atoms with Crippen LogP contribution in [0.3, 0.4) is 0 Å². The van der Waals surface area contributed by atoms with Gasteiger partial charge in [0.1, 0.15) is 5.76 Å². The van der Waals surface area contributed by atoms with E-state index < -0.39 is 15.8 Å². The van der Waals surface area contributed by atoms with Crippen LogP contribution in [-0.2, 0) is 19.4 Å². The number of aromatic hydroxyl groups is 1. The van der Waals surface area contributed by atoms with Crippen molar-refractivity contribution < 1.29 is 27.8 Å². The van der Waals surface area contributed by atoms with Crippen molar-refractivity contribution in [2.75, 3.05) is 13.4 Å². The topological polar surface area (TPSA) is 89.9 Å². The fourth-order valence-electron chi connectivity index (χ4n) is 3.51. The zero-order chi connectivity index (χ0) is 22.9. The van der Waals surface area contributed by atoms with E-state index in [0.717, 1.165) is 6.26 Å². The van der Waals surface area contributed by atoms with Gasteiger partial charge < -0.3 is 14.6 Å². The van der Waals surface area contributed by atoms with Crippen LogP contribution in [0.15, 0.2) is 83.5 Å². The Labute approximate surface area is 186 Å². The summed E-state index contributed by atoms with van der Waals surface area (Å²) in [7, 11) is -1.92. The Kier molecular flexibility index (Phi) is 5.59. The Hall–Kier alpha value is -3.84. The molecule has 0 atom stereocenters. The molecule has 0 fully saturated rings. The van der Waals surface area contributed by atoms with E-state index in [1.165, 1.54) is 19.2 Å². The van der Waals surface area contributed by atoms with E-state index >= 15 is 0 Å². The van der Waals surface area contributed by atoms with Gasteiger partial charge in [0.05, 0.1) is 17.6 Å². The van der Waals surface area contributed by atoms with Crippen molar-refractivity contribution in [1.29, 1.82) is 0 Å². The number of hydrogen-bond donors (Lipinski definition) is 1. The molecule has 162 valence electrons. The molecule has 1 aliphatic rings. The third-order valence-electron chi connectivity index (χ3n) is 5.07. The van der Waals surface area contributed by atoms with Gasteiger partial charge in [-0.2, -0.15) is 0 Å². The van der Waals surface area contributed by atoms with Gasteiger partial charge in [0.25, 0.3) is 0 Å². The van der Waals surface area contributed by atoms with E-state index in [1.54, 1.807) is 48.5 Å². The summed E-state index contributed by atoms with van der Waals surface area (Å²) in [5.74, 6) is -0.0926. The third kappa shape index (κ3) is 4.02. The summed E-state index contributed by atoms with van der Waals surface area (Å²) in [6.07, 6.45) is 2.70. The van der Waals surface area contributed by atoms with Crippen LogP contribution in [0.4, 0.5) is 0 Å². The lowest BCUT2D eigenvalue weighted by atomic mass is 9.94. The van der Waals surface area contributed by atoms with Crippen LogP contribution in [0.5, 0.6) is 11.5 Å². The highest BCUT2D eigenvalue weighted by Gasteiger charge is 2.32. The van der Waals surface area contributed by atoms with Crippen LogP contribution in [-0.4, -0.2) is 32.9 Å². The number of phenolic OH excluding ortho intramolecular Hbond substituents is 1. The molecule has 1 aliphatic heterocycles. The van der Waals surface area contributed by atoms with E-state index in [2.05, 4.69) is 0 Å². The normalized spacial score (nSPS) is 15.2. The number of allylic oxidation sites excluding steroid dienone is 1. The lowest BCUT2D eigenvalue weighted by Gasteiger charge is -2.09. The van der Waals surface area contributed by atoms with Gasteiger partial charge in [-0.15, -0.1) is 0 Å². The number of hydrogen-bond acceptors (Lipinski definition) is 6. The van der Waals surface area contributed by atoms with E-state index in [-0.39, 0.29) is 22.2 Å². The summed E-state index contributed by atoms with van der Waals surface area (Å²) in [4.78, 5) is 13.1. The number of carbonyl (C=O) groups excluding carboxylic acids is 1. The number of carbonyl (C=O) groups is 1. The Morgan fingerprint density at radius 1 is 0.875 bits per heavy atom. The molecule has 3 aromatic carbocycles. The first kappa shape index (κ1) is 21.4. The van der Waals surface area contributed by atoms with Crippen LogP contribution in [0.25, 0.3) is 17.2 Å². The zero-order valence-corrected chi connectivity index (χ0v) is 18.2. The molecular weight excluding hydrogens is 428 g/mol. The minimum Gasteiger partial charge on any atom is -0.504 e. The van der Waals surface area contributed by atoms with Crippen molar-refractivity contribution in [3.63, 3.8) is 0 Å². The molecule has 0 spiro atoms. The number of para-hydroxylation sites is 1.